The van der Waals surface area contributed by atoms with E-state index in [2.05, 4.69) is 21.3 Å². The van der Waals surface area contributed by atoms with Gasteiger partial charge in [0.25, 0.3) is 0 Å². The van der Waals surface area contributed by atoms with Crippen LogP contribution in [0.2, 0.25) is 0 Å². The van der Waals surface area contributed by atoms with Crippen LogP contribution in [0.25, 0.3) is 0 Å². The van der Waals surface area contributed by atoms with Crippen molar-refractivity contribution in [3.63, 3.8) is 0 Å². The van der Waals surface area contributed by atoms with E-state index in [1.165, 1.54) is 11.8 Å². The molecule has 29 heavy (non-hydrogen) atoms. The number of thioether (sulfide) groups is 1. The van der Waals surface area contributed by atoms with Crippen LogP contribution >= 0.6 is 11.8 Å². The molecular formula is C19H26N4O5S. The molecule has 1 fully saturated rings. The van der Waals surface area contributed by atoms with E-state index in [1.54, 1.807) is 6.92 Å². The fourth-order valence-electron chi connectivity index (χ4n) is 2.65. The largest absolute Gasteiger partial charge is 0.465 e. The highest BCUT2D eigenvalue weighted by atomic mass is 32.2. The smallest absolute Gasteiger partial charge is 0.325 e. The molecule has 1 aromatic carbocycles. The van der Waals surface area contributed by atoms with Gasteiger partial charge in [0.05, 0.1) is 12.4 Å². The molecule has 1 saturated heterocycles. The zero-order valence-corrected chi connectivity index (χ0v) is 17.1. The van der Waals surface area contributed by atoms with Crippen molar-refractivity contribution >= 4 is 35.5 Å². The second kappa shape index (κ2) is 12.1. The minimum atomic E-state index is -0.503. The Bertz CT molecular complexity index is 716. The molecule has 3 amide bonds. The number of carbonyl (C=O) groups is 4. The van der Waals surface area contributed by atoms with Gasteiger partial charge >= 0.3 is 5.97 Å². The van der Waals surface area contributed by atoms with Gasteiger partial charge in [0.1, 0.15) is 12.0 Å². The summed E-state index contributed by atoms with van der Waals surface area (Å²) in [5, 5.41) is 11.2. The molecule has 9 nitrogen and oxygen atoms in total. The lowest BCUT2D eigenvalue weighted by Crippen LogP contribution is -2.56. The predicted octanol–water partition coefficient (Wildman–Crippen LogP) is -0.133. The van der Waals surface area contributed by atoms with Crippen molar-refractivity contribution in [2.75, 3.05) is 18.9 Å². The molecule has 1 aliphatic rings. The molecule has 0 saturated carbocycles. The van der Waals surface area contributed by atoms with Crippen LogP contribution in [0, 0.1) is 0 Å². The van der Waals surface area contributed by atoms with Gasteiger partial charge in [-0.15, -0.1) is 11.8 Å². The van der Waals surface area contributed by atoms with Gasteiger partial charge in [0.15, 0.2) is 0 Å². The van der Waals surface area contributed by atoms with Crippen LogP contribution in [0.5, 0.6) is 0 Å². The van der Waals surface area contributed by atoms with Crippen molar-refractivity contribution in [1.82, 2.24) is 21.3 Å². The lowest BCUT2D eigenvalue weighted by Gasteiger charge is -2.30. The molecule has 0 aliphatic carbocycles. The van der Waals surface area contributed by atoms with Gasteiger partial charge in [-0.1, -0.05) is 30.3 Å². The average Bonchev–Trinajstić information content (AvgIpc) is 2.70. The van der Waals surface area contributed by atoms with Crippen molar-refractivity contribution in [3.05, 3.63) is 35.9 Å². The normalized spacial score (nSPS) is 18.4. The number of hydrogen-bond acceptors (Lipinski definition) is 7. The van der Waals surface area contributed by atoms with Crippen LogP contribution in [0.4, 0.5) is 0 Å². The molecule has 0 bridgehead atoms. The van der Waals surface area contributed by atoms with Crippen LogP contribution < -0.4 is 21.3 Å². The van der Waals surface area contributed by atoms with Gasteiger partial charge in [-0.2, -0.15) is 0 Å². The number of nitrogens with one attached hydrogen (secondary N) is 4. The minimum absolute atomic E-state index is 0.0459. The van der Waals surface area contributed by atoms with E-state index in [9.17, 15) is 19.2 Å². The van der Waals surface area contributed by atoms with Crippen molar-refractivity contribution in [1.29, 1.82) is 0 Å². The van der Waals surface area contributed by atoms with Crippen LogP contribution in [0.15, 0.2) is 30.3 Å². The van der Waals surface area contributed by atoms with E-state index < -0.39 is 11.5 Å². The van der Waals surface area contributed by atoms with E-state index in [4.69, 9.17) is 4.74 Å². The number of amides is 3. The molecule has 10 heteroatoms. The van der Waals surface area contributed by atoms with Crippen LogP contribution in [-0.2, 0) is 30.5 Å². The maximum absolute atomic E-state index is 12.2. The first-order valence-electron chi connectivity index (χ1n) is 9.36. The third kappa shape index (κ3) is 8.97. The molecule has 0 aromatic heterocycles. The number of hydrogen-bond donors (Lipinski definition) is 4. The molecule has 0 radical (unpaired) electrons. The molecular weight excluding hydrogens is 396 g/mol. The quantitative estimate of drug-likeness (QED) is 0.387. The second-order valence-corrected chi connectivity index (χ2v) is 7.47. The first-order chi connectivity index (χ1) is 14.0. The summed E-state index contributed by atoms with van der Waals surface area (Å²) in [6.07, 6.45) is 0.344. The summed E-state index contributed by atoms with van der Waals surface area (Å²) in [4.78, 5) is 47.1. The summed E-state index contributed by atoms with van der Waals surface area (Å²) >= 11 is 1.18. The van der Waals surface area contributed by atoms with Crippen LogP contribution in [0.3, 0.4) is 0 Å². The highest BCUT2D eigenvalue weighted by Crippen LogP contribution is 2.14. The van der Waals surface area contributed by atoms with Crippen LogP contribution in [0.1, 0.15) is 25.3 Å². The fraction of sp³-hybridized carbons (Fsp3) is 0.474. The standard InChI is InChI=1S/C19H26N4O5S/c1-2-28-18(27)11-21-17(26)12-29-19-22-14(9-16(25)23-19)8-15(24)20-10-13-6-4-3-5-7-13/h3-7,14,19,22H,2,8-12H2,1H3,(H,20,24)(H,21,26)(H,23,25). The van der Waals surface area contributed by atoms with E-state index in [1.807, 2.05) is 30.3 Å². The topological polar surface area (TPSA) is 126 Å². The zero-order chi connectivity index (χ0) is 21.1. The van der Waals surface area contributed by atoms with Gasteiger partial charge in [-0.05, 0) is 12.5 Å². The van der Waals surface area contributed by atoms with Crippen LogP contribution in [-0.4, -0.2) is 54.1 Å². The summed E-state index contributed by atoms with van der Waals surface area (Å²) in [6.45, 7) is 2.17. The highest BCUT2D eigenvalue weighted by Gasteiger charge is 2.28. The first-order valence-corrected chi connectivity index (χ1v) is 10.4. The van der Waals surface area contributed by atoms with Gasteiger partial charge in [0, 0.05) is 25.4 Å². The molecule has 2 rings (SSSR count). The van der Waals surface area contributed by atoms with Crippen molar-refractivity contribution in [3.8, 4) is 0 Å². The molecule has 0 spiro atoms. The summed E-state index contributed by atoms with van der Waals surface area (Å²) in [5.41, 5.74) is 0.508. The number of ether oxygens (including phenoxy) is 1. The Morgan fingerprint density at radius 3 is 2.66 bits per heavy atom. The van der Waals surface area contributed by atoms with Crippen molar-refractivity contribution in [2.45, 2.75) is 37.8 Å². The molecule has 1 aromatic rings. The zero-order valence-electron chi connectivity index (χ0n) is 16.2. The van der Waals surface area contributed by atoms with Crippen molar-refractivity contribution < 1.29 is 23.9 Å². The Balaban J connectivity index is 1.70. The second-order valence-electron chi connectivity index (χ2n) is 6.37. The van der Waals surface area contributed by atoms with Gasteiger partial charge in [0.2, 0.25) is 17.7 Å². The predicted molar refractivity (Wildman–Crippen MR) is 108 cm³/mol. The highest BCUT2D eigenvalue weighted by molar-refractivity contribution is 8.00. The van der Waals surface area contributed by atoms with Gasteiger partial charge in [-0.25, -0.2) is 0 Å². The van der Waals surface area contributed by atoms with E-state index in [-0.39, 0.29) is 55.5 Å². The molecule has 158 valence electrons. The number of rotatable bonds is 10. The average molecular weight is 423 g/mol. The molecule has 4 N–H and O–H groups in total. The Hall–Kier alpha value is -2.59. The molecule has 1 aliphatic heterocycles. The Morgan fingerprint density at radius 2 is 1.93 bits per heavy atom. The third-order valence-corrected chi connectivity index (χ3v) is 5.01. The van der Waals surface area contributed by atoms with E-state index in [0.717, 1.165) is 5.56 Å². The lowest BCUT2D eigenvalue weighted by molar-refractivity contribution is -0.143. The van der Waals surface area contributed by atoms with Gasteiger partial charge < -0.3 is 20.7 Å². The van der Waals surface area contributed by atoms with Crippen molar-refractivity contribution in [2.24, 2.45) is 0 Å². The Labute approximate surface area is 173 Å². The first kappa shape index (κ1) is 22.7. The number of benzene rings is 1. The third-order valence-electron chi connectivity index (χ3n) is 3.99. The molecule has 1 heterocycles. The lowest BCUT2D eigenvalue weighted by atomic mass is 10.1. The fourth-order valence-corrected chi connectivity index (χ4v) is 3.57. The summed E-state index contributed by atoms with van der Waals surface area (Å²) in [6, 6.07) is 9.24. The van der Waals surface area contributed by atoms with Gasteiger partial charge in [-0.3, -0.25) is 24.5 Å². The Kier molecular flexibility index (Phi) is 9.45. The maximum atomic E-state index is 12.2. The summed E-state index contributed by atoms with van der Waals surface area (Å²) in [7, 11) is 0. The minimum Gasteiger partial charge on any atom is -0.465 e. The SMILES string of the molecule is CCOC(=O)CNC(=O)CSC1NC(=O)CC(CC(=O)NCc2ccccc2)N1. The number of carbonyl (C=O) groups excluding carboxylic acids is 4. The van der Waals surface area contributed by atoms with E-state index in [0.29, 0.717) is 6.54 Å². The molecule has 2 unspecified atom stereocenters. The number of esters is 1. The monoisotopic (exact) mass is 422 g/mol. The Morgan fingerprint density at radius 1 is 1.17 bits per heavy atom. The maximum Gasteiger partial charge on any atom is 0.325 e. The summed E-state index contributed by atoms with van der Waals surface area (Å²) in [5.74, 6) is -1.14. The van der Waals surface area contributed by atoms with E-state index >= 15 is 0 Å². The molecule has 2 atom stereocenters. The summed E-state index contributed by atoms with van der Waals surface area (Å²) < 4.78 is 4.73.